The molecule has 1 aromatic rings. The first-order valence-corrected chi connectivity index (χ1v) is 6.56. The highest BCUT2D eigenvalue weighted by Crippen LogP contribution is 2.30. The van der Waals surface area contributed by atoms with Crippen molar-refractivity contribution in [1.82, 2.24) is 0 Å². The largest absolute Gasteiger partial charge is 0.507 e. The molecule has 0 bridgehead atoms. The lowest BCUT2D eigenvalue weighted by Gasteiger charge is -2.19. The molecule has 0 aromatic heterocycles. The van der Waals surface area contributed by atoms with Crippen molar-refractivity contribution in [2.24, 2.45) is 0 Å². The van der Waals surface area contributed by atoms with Crippen LogP contribution in [-0.4, -0.2) is 16.3 Å². The fourth-order valence-corrected chi connectivity index (χ4v) is 2.26. The van der Waals surface area contributed by atoms with E-state index in [9.17, 15) is 10.2 Å². The molecule has 1 atom stereocenters. The highest BCUT2D eigenvalue weighted by atomic mass is 79.9. The van der Waals surface area contributed by atoms with E-state index in [1.807, 2.05) is 0 Å². The van der Waals surface area contributed by atoms with Gasteiger partial charge in [0.15, 0.2) is 0 Å². The van der Waals surface area contributed by atoms with Crippen molar-refractivity contribution in [2.45, 2.75) is 12.5 Å². The fraction of sp³-hybridized carbons (Fsp3) is 0.167. The Morgan fingerprint density at radius 3 is 2.65 bits per heavy atom. The van der Waals surface area contributed by atoms with Crippen molar-refractivity contribution in [3.8, 4) is 11.5 Å². The Morgan fingerprint density at radius 2 is 2.00 bits per heavy atom. The quantitative estimate of drug-likeness (QED) is 0.836. The van der Waals surface area contributed by atoms with Gasteiger partial charge in [-0.15, -0.1) is 0 Å². The summed E-state index contributed by atoms with van der Waals surface area (Å²) in [5.41, 5.74) is 0. The second-order valence-corrected chi connectivity index (χ2v) is 5.43. The predicted molar refractivity (Wildman–Crippen MR) is 72.6 cm³/mol. The van der Waals surface area contributed by atoms with Crippen molar-refractivity contribution < 1.29 is 14.9 Å². The molecule has 17 heavy (non-hydrogen) atoms. The minimum Gasteiger partial charge on any atom is -0.507 e. The molecule has 90 valence electrons. The molecule has 0 aliphatic heterocycles. The van der Waals surface area contributed by atoms with Gasteiger partial charge < -0.3 is 14.9 Å². The Bertz CT molecular complexity index is 495. The average Bonchev–Trinajstić information content (AvgIpc) is 2.29. The molecular formula is C12H10Br2O3. The second-order valence-electron chi connectivity index (χ2n) is 3.62. The zero-order valence-corrected chi connectivity index (χ0v) is 11.9. The minimum atomic E-state index is -0.128. The molecule has 1 unspecified atom stereocenters. The van der Waals surface area contributed by atoms with Crippen LogP contribution in [0.3, 0.4) is 0 Å². The van der Waals surface area contributed by atoms with E-state index in [1.54, 1.807) is 30.4 Å². The molecule has 1 aromatic carbocycles. The van der Waals surface area contributed by atoms with Crippen LogP contribution in [0.25, 0.3) is 0 Å². The molecule has 0 saturated carbocycles. The first-order valence-electron chi connectivity index (χ1n) is 4.97. The number of hydrogen-bond donors (Lipinski definition) is 2. The van der Waals surface area contributed by atoms with Crippen LogP contribution in [0.4, 0.5) is 0 Å². The van der Waals surface area contributed by atoms with E-state index in [0.717, 1.165) is 4.48 Å². The Labute approximate surface area is 116 Å². The maximum absolute atomic E-state index is 9.39. The van der Waals surface area contributed by atoms with Gasteiger partial charge in [0.25, 0.3) is 0 Å². The Hall–Kier alpha value is -0.940. The van der Waals surface area contributed by atoms with Gasteiger partial charge in [0.05, 0.1) is 4.47 Å². The van der Waals surface area contributed by atoms with Gasteiger partial charge in [0, 0.05) is 10.9 Å². The molecule has 0 heterocycles. The van der Waals surface area contributed by atoms with E-state index in [-0.39, 0.29) is 17.6 Å². The fourth-order valence-electron chi connectivity index (χ4n) is 1.45. The molecule has 0 spiro atoms. The predicted octanol–water partition coefficient (Wildman–Crippen LogP) is 4.03. The van der Waals surface area contributed by atoms with Crippen LogP contribution < -0.4 is 4.74 Å². The molecule has 2 rings (SSSR count). The number of aliphatic hydroxyl groups excluding tert-OH is 1. The number of halogens is 2. The highest BCUT2D eigenvalue weighted by Gasteiger charge is 2.16. The monoisotopic (exact) mass is 360 g/mol. The van der Waals surface area contributed by atoms with Crippen molar-refractivity contribution >= 4 is 31.9 Å². The van der Waals surface area contributed by atoms with Gasteiger partial charge in [-0.3, -0.25) is 0 Å². The summed E-state index contributed by atoms with van der Waals surface area (Å²) >= 11 is 6.51. The average molecular weight is 362 g/mol. The van der Waals surface area contributed by atoms with E-state index >= 15 is 0 Å². The van der Waals surface area contributed by atoms with Crippen molar-refractivity contribution in [3.05, 3.63) is 45.1 Å². The van der Waals surface area contributed by atoms with Crippen LogP contribution in [0, 0.1) is 0 Å². The Kier molecular flexibility index (Phi) is 3.79. The van der Waals surface area contributed by atoms with Crippen LogP contribution in [0.2, 0.25) is 0 Å². The molecular weight excluding hydrogens is 352 g/mol. The summed E-state index contributed by atoms with van der Waals surface area (Å²) in [4.78, 5) is 0. The van der Waals surface area contributed by atoms with Gasteiger partial charge in [-0.25, -0.2) is 0 Å². The third-order valence-electron chi connectivity index (χ3n) is 2.33. The van der Waals surface area contributed by atoms with E-state index in [1.165, 1.54) is 0 Å². The van der Waals surface area contributed by atoms with Crippen molar-refractivity contribution in [1.29, 1.82) is 0 Å². The van der Waals surface area contributed by atoms with Crippen LogP contribution in [0.15, 0.2) is 45.1 Å². The maximum Gasteiger partial charge on any atom is 0.130 e. The SMILES string of the molecule is OC1=C(Br)CC(Oc2ccc(O)c(Br)c2)C=C1. The van der Waals surface area contributed by atoms with Gasteiger partial charge in [0.2, 0.25) is 0 Å². The lowest BCUT2D eigenvalue weighted by molar-refractivity contribution is 0.245. The number of phenols is 1. The van der Waals surface area contributed by atoms with Gasteiger partial charge in [-0.1, -0.05) is 15.9 Å². The number of phenolic OH excluding ortho intramolecular Hbond substituents is 1. The van der Waals surface area contributed by atoms with Gasteiger partial charge >= 0.3 is 0 Å². The molecule has 3 nitrogen and oxygen atoms in total. The summed E-state index contributed by atoms with van der Waals surface area (Å²) in [6.45, 7) is 0. The van der Waals surface area contributed by atoms with E-state index in [2.05, 4.69) is 31.9 Å². The Morgan fingerprint density at radius 1 is 1.24 bits per heavy atom. The number of aliphatic hydroxyl groups is 1. The molecule has 2 N–H and O–H groups in total. The lowest BCUT2D eigenvalue weighted by Crippen LogP contribution is -2.16. The van der Waals surface area contributed by atoms with Crippen LogP contribution in [0.1, 0.15) is 6.42 Å². The summed E-state index contributed by atoms with van der Waals surface area (Å²) in [5, 5.41) is 18.8. The van der Waals surface area contributed by atoms with E-state index in [0.29, 0.717) is 16.6 Å². The third-order valence-corrected chi connectivity index (χ3v) is 3.70. The standard InChI is InChI=1S/C12H10Br2O3/c13-9-5-7(1-3-11(9)15)17-8-2-4-12(16)10(14)6-8/h1-5,8,15-16H,6H2. The molecule has 1 aliphatic carbocycles. The number of aromatic hydroxyl groups is 1. The zero-order chi connectivity index (χ0) is 12.4. The van der Waals surface area contributed by atoms with Gasteiger partial charge in [-0.2, -0.15) is 0 Å². The highest BCUT2D eigenvalue weighted by molar-refractivity contribution is 9.11. The molecule has 0 fully saturated rings. The number of hydrogen-bond acceptors (Lipinski definition) is 3. The summed E-state index contributed by atoms with van der Waals surface area (Å²) in [7, 11) is 0. The first-order chi connectivity index (χ1) is 8.06. The molecule has 5 heteroatoms. The summed E-state index contributed by atoms with van der Waals surface area (Å²) < 4.78 is 7.02. The smallest absolute Gasteiger partial charge is 0.130 e. The summed E-state index contributed by atoms with van der Waals surface area (Å²) in [6, 6.07) is 4.96. The Balaban J connectivity index is 2.08. The third kappa shape index (κ3) is 3.04. The number of ether oxygens (including phenoxy) is 1. The van der Waals surface area contributed by atoms with Gasteiger partial charge in [-0.05, 0) is 46.3 Å². The maximum atomic E-state index is 9.39. The van der Waals surface area contributed by atoms with E-state index in [4.69, 9.17) is 4.74 Å². The number of benzene rings is 1. The molecule has 1 aliphatic rings. The molecule has 0 saturated heterocycles. The minimum absolute atomic E-state index is 0.128. The topological polar surface area (TPSA) is 49.7 Å². The van der Waals surface area contributed by atoms with Crippen LogP contribution in [-0.2, 0) is 0 Å². The van der Waals surface area contributed by atoms with Crippen LogP contribution >= 0.6 is 31.9 Å². The zero-order valence-electron chi connectivity index (χ0n) is 8.73. The summed E-state index contributed by atoms with van der Waals surface area (Å²) in [5.74, 6) is 1.07. The molecule has 0 amide bonds. The normalized spacial score (nSPS) is 19.5. The number of allylic oxidation sites excluding steroid dienone is 1. The van der Waals surface area contributed by atoms with Crippen molar-refractivity contribution in [3.63, 3.8) is 0 Å². The lowest BCUT2D eigenvalue weighted by atomic mass is 10.1. The summed E-state index contributed by atoms with van der Waals surface area (Å²) in [6.07, 6.45) is 3.85. The van der Waals surface area contributed by atoms with Crippen molar-refractivity contribution in [2.75, 3.05) is 0 Å². The second kappa shape index (κ2) is 5.14. The van der Waals surface area contributed by atoms with Crippen LogP contribution in [0.5, 0.6) is 11.5 Å². The number of rotatable bonds is 2. The first kappa shape index (κ1) is 12.5. The molecule has 0 radical (unpaired) electrons. The van der Waals surface area contributed by atoms with E-state index < -0.39 is 0 Å². The van der Waals surface area contributed by atoms with Gasteiger partial charge in [0.1, 0.15) is 23.4 Å².